The summed E-state index contributed by atoms with van der Waals surface area (Å²) in [5, 5.41) is 2.48. The molecule has 1 nitrogen and oxygen atoms in total. The molecule has 0 fully saturated rings. The van der Waals surface area contributed by atoms with Crippen molar-refractivity contribution in [3.8, 4) is 0 Å². The molecule has 0 aliphatic rings. The Morgan fingerprint density at radius 3 is 2.54 bits per heavy atom. The van der Waals surface area contributed by atoms with Crippen LogP contribution in [0.4, 0.5) is 18.9 Å². The smallest absolute Gasteiger partial charge is 0.149 e. The van der Waals surface area contributed by atoms with Crippen LogP contribution in [0.1, 0.15) is 0 Å². The molecule has 0 aliphatic heterocycles. The van der Waals surface area contributed by atoms with Crippen LogP contribution >= 0.6 is 15.9 Å². The van der Waals surface area contributed by atoms with Crippen molar-refractivity contribution in [1.82, 2.24) is 0 Å². The molecule has 5 heteroatoms. The molecule has 0 amide bonds. The van der Waals surface area contributed by atoms with Gasteiger partial charge in [-0.15, -0.1) is 0 Å². The van der Waals surface area contributed by atoms with Crippen molar-refractivity contribution in [2.45, 2.75) is 0 Å². The Labute approximate surface area is 82.1 Å². The fraction of sp³-hybridized carbons (Fsp3) is 0.250. The van der Waals surface area contributed by atoms with E-state index in [9.17, 15) is 13.2 Å². The summed E-state index contributed by atoms with van der Waals surface area (Å²) in [5.74, 6) is -1.41. The monoisotopic (exact) mass is 253 g/mol. The lowest BCUT2D eigenvalue weighted by atomic mass is 10.3. The van der Waals surface area contributed by atoms with E-state index in [-0.39, 0.29) is 16.7 Å². The van der Waals surface area contributed by atoms with Gasteiger partial charge < -0.3 is 5.32 Å². The minimum absolute atomic E-state index is 0.00892. The fourth-order valence-electron chi connectivity index (χ4n) is 0.840. The minimum atomic E-state index is -0.728. The van der Waals surface area contributed by atoms with Crippen LogP contribution in [0.25, 0.3) is 0 Å². The highest BCUT2D eigenvalue weighted by molar-refractivity contribution is 9.10. The summed E-state index contributed by atoms with van der Waals surface area (Å²) in [7, 11) is 0. The zero-order chi connectivity index (χ0) is 9.84. The van der Waals surface area contributed by atoms with E-state index in [1.54, 1.807) is 0 Å². The van der Waals surface area contributed by atoms with Crippen molar-refractivity contribution in [3.05, 3.63) is 28.2 Å². The Morgan fingerprint density at radius 1 is 1.23 bits per heavy atom. The SMILES string of the molecule is FCCNc1cc(Br)c(F)cc1F. The van der Waals surface area contributed by atoms with Gasteiger partial charge in [0.05, 0.1) is 10.2 Å². The third-order valence-electron chi connectivity index (χ3n) is 1.42. The Hall–Kier alpha value is -0.710. The van der Waals surface area contributed by atoms with Gasteiger partial charge in [-0.1, -0.05) is 0 Å². The normalized spacial score (nSPS) is 10.2. The van der Waals surface area contributed by atoms with Gasteiger partial charge in [0.1, 0.15) is 18.3 Å². The van der Waals surface area contributed by atoms with Crippen LogP contribution in [-0.4, -0.2) is 13.2 Å². The molecular formula is C8H7BrF3N. The molecule has 0 spiro atoms. The third-order valence-corrected chi connectivity index (χ3v) is 2.03. The maximum atomic E-state index is 12.9. The first-order valence-corrected chi connectivity index (χ1v) is 4.39. The molecule has 0 radical (unpaired) electrons. The highest BCUT2D eigenvalue weighted by Gasteiger charge is 2.06. The molecule has 0 saturated carbocycles. The van der Waals surface area contributed by atoms with Crippen LogP contribution in [0, 0.1) is 11.6 Å². The van der Waals surface area contributed by atoms with Crippen LogP contribution in [-0.2, 0) is 0 Å². The van der Waals surface area contributed by atoms with Gasteiger partial charge in [0.15, 0.2) is 0 Å². The maximum Gasteiger partial charge on any atom is 0.149 e. The molecule has 1 N–H and O–H groups in total. The second kappa shape index (κ2) is 4.50. The van der Waals surface area contributed by atoms with Gasteiger partial charge >= 0.3 is 0 Å². The first-order chi connectivity index (χ1) is 6.15. The number of nitrogens with one attached hydrogen (secondary N) is 1. The molecule has 0 aliphatic carbocycles. The molecule has 0 unspecified atom stereocenters. The molecule has 0 atom stereocenters. The zero-order valence-electron chi connectivity index (χ0n) is 6.58. The number of rotatable bonds is 3. The third kappa shape index (κ3) is 2.62. The lowest BCUT2D eigenvalue weighted by Gasteiger charge is -2.05. The number of halogens is 4. The van der Waals surface area contributed by atoms with Crippen LogP contribution in [0.15, 0.2) is 16.6 Å². The fourth-order valence-corrected chi connectivity index (χ4v) is 1.18. The molecule has 0 aromatic heterocycles. The molecule has 0 heterocycles. The van der Waals surface area contributed by atoms with Crippen molar-refractivity contribution in [2.24, 2.45) is 0 Å². The molecule has 1 aromatic carbocycles. The van der Waals surface area contributed by atoms with Gasteiger partial charge in [0.25, 0.3) is 0 Å². The first kappa shape index (κ1) is 10.4. The van der Waals surface area contributed by atoms with E-state index in [4.69, 9.17) is 0 Å². The lowest BCUT2D eigenvalue weighted by molar-refractivity contribution is 0.511. The van der Waals surface area contributed by atoms with Crippen LogP contribution < -0.4 is 5.32 Å². The Bertz CT molecular complexity index is 304. The van der Waals surface area contributed by atoms with E-state index >= 15 is 0 Å². The van der Waals surface area contributed by atoms with Gasteiger partial charge in [-0.05, 0) is 22.0 Å². The largest absolute Gasteiger partial charge is 0.380 e. The quantitative estimate of drug-likeness (QED) is 0.817. The number of hydrogen-bond donors (Lipinski definition) is 1. The predicted molar refractivity (Wildman–Crippen MR) is 48.5 cm³/mol. The molecule has 0 bridgehead atoms. The van der Waals surface area contributed by atoms with Gasteiger partial charge in [0, 0.05) is 12.6 Å². The van der Waals surface area contributed by atoms with Crippen molar-refractivity contribution >= 4 is 21.6 Å². The summed E-state index contributed by atoms with van der Waals surface area (Å²) in [5.41, 5.74) is 0.0888. The molecule has 1 aromatic rings. The van der Waals surface area contributed by atoms with Crippen LogP contribution in [0.5, 0.6) is 0 Å². The van der Waals surface area contributed by atoms with E-state index in [0.29, 0.717) is 0 Å². The molecular weight excluding hydrogens is 247 g/mol. The van der Waals surface area contributed by atoms with Crippen molar-refractivity contribution < 1.29 is 13.2 Å². The second-order valence-electron chi connectivity index (χ2n) is 2.36. The zero-order valence-corrected chi connectivity index (χ0v) is 8.17. The summed E-state index contributed by atoms with van der Waals surface area (Å²) in [6.07, 6.45) is 0. The lowest BCUT2D eigenvalue weighted by Crippen LogP contribution is -2.05. The van der Waals surface area contributed by atoms with Gasteiger partial charge in [0.2, 0.25) is 0 Å². The van der Waals surface area contributed by atoms with Crippen molar-refractivity contribution in [3.63, 3.8) is 0 Å². The summed E-state index contributed by atoms with van der Waals surface area (Å²) < 4.78 is 37.5. The summed E-state index contributed by atoms with van der Waals surface area (Å²) in [4.78, 5) is 0. The van der Waals surface area contributed by atoms with E-state index in [1.807, 2.05) is 0 Å². The van der Waals surface area contributed by atoms with E-state index in [0.717, 1.165) is 6.07 Å². The Morgan fingerprint density at radius 2 is 1.92 bits per heavy atom. The molecule has 0 saturated heterocycles. The van der Waals surface area contributed by atoms with Gasteiger partial charge in [-0.3, -0.25) is 0 Å². The summed E-state index contributed by atoms with van der Waals surface area (Å²) in [6.45, 7) is -0.594. The van der Waals surface area contributed by atoms with Crippen molar-refractivity contribution in [2.75, 3.05) is 18.5 Å². The number of benzene rings is 1. The average Bonchev–Trinajstić information content (AvgIpc) is 2.09. The van der Waals surface area contributed by atoms with Crippen molar-refractivity contribution in [1.29, 1.82) is 0 Å². The minimum Gasteiger partial charge on any atom is -0.380 e. The predicted octanol–water partition coefficient (Wildman–Crippen LogP) is 3.11. The highest BCUT2D eigenvalue weighted by Crippen LogP contribution is 2.23. The van der Waals surface area contributed by atoms with Crippen LogP contribution in [0.2, 0.25) is 0 Å². The maximum absolute atomic E-state index is 12.9. The summed E-state index contributed by atoms with van der Waals surface area (Å²) in [6, 6.07) is 1.98. The van der Waals surface area contributed by atoms with E-state index in [1.165, 1.54) is 6.07 Å². The Kier molecular flexibility index (Phi) is 3.59. The number of hydrogen-bond acceptors (Lipinski definition) is 1. The molecule has 1 rings (SSSR count). The van der Waals surface area contributed by atoms with Gasteiger partial charge in [-0.2, -0.15) is 0 Å². The first-order valence-electron chi connectivity index (χ1n) is 3.59. The van der Waals surface area contributed by atoms with E-state index in [2.05, 4.69) is 21.2 Å². The van der Waals surface area contributed by atoms with Crippen LogP contribution in [0.3, 0.4) is 0 Å². The average molecular weight is 254 g/mol. The molecule has 72 valence electrons. The Balaban J connectivity index is 2.88. The number of anilines is 1. The second-order valence-corrected chi connectivity index (χ2v) is 3.22. The topological polar surface area (TPSA) is 12.0 Å². The highest BCUT2D eigenvalue weighted by atomic mass is 79.9. The van der Waals surface area contributed by atoms with E-state index < -0.39 is 18.3 Å². The number of alkyl halides is 1. The van der Waals surface area contributed by atoms with Gasteiger partial charge in [-0.25, -0.2) is 13.2 Å². The molecule has 13 heavy (non-hydrogen) atoms. The standard InChI is InChI=1S/C8H7BrF3N/c9-5-3-8(13-2-1-10)7(12)4-6(5)11/h3-4,13H,1-2H2. The summed E-state index contributed by atoms with van der Waals surface area (Å²) >= 11 is 2.90.